The topological polar surface area (TPSA) is 61.8 Å². The largest absolute Gasteiger partial charge is 0.383 e. The molecule has 2 N–H and O–H groups in total. The number of nitrogens with one attached hydrogen (secondary N) is 1. The number of hydrogen-bond acceptors (Lipinski definition) is 6. The second-order valence-electron chi connectivity index (χ2n) is 7.24. The molecular weight excluding hydrogens is 408 g/mol. The van der Waals surface area contributed by atoms with Gasteiger partial charge in [-0.1, -0.05) is 25.1 Å². The van der Waals surface area contributed by atoms with Gasteiger partial charge < -0.3 is 15.2 Å². The van der Waals surface area contributed by atoms with Crippen molar-refractivity contribution in [3.05, 3.63) is 52.2 Å². The van der Waals surface area contributed by atoms with Crippen LogP contribution in [0.5, 0.6) is 0 Å². The van der Waals surface area contributed by atoms with E-state index < -0.39 is 5.79 Å². The van der Waals surface area contributed by atoms with Gasteiger partial charge in [0.1, 0.15) is 0 Å². The predicted octanol–water partition coefficient (Wildman–Crippen LogP) is 4.23. The fourth-order valence-corrected chi connectivity index (χ4v) is 4.53. The first kappa shape index (κ1) is 23.6. The molecule has 0 radical (unpaired) electrons. The number of methoxy groups -OCH3 is 1. The summed E-state index contributed by atoms with van der Waals surface area (Å²) in [6, 6.07) is 11.8. The Labute approximate surface area is 181 Å². The summed E-state index contributed by atoms with van der Waals surface area (Å²) in [5.74, 6) is -1.17. The van der Waals surface area contributed by atoms with Gasteiger partial charge in [-0.05, 0) is 44.2 Å². The zero-order valence-electron chi connectivity index (χ0n) is 17.3. The third-order valence-electron chi connectivity index (χ3n) is 5.07. The van der Waals surface area contributed by atoms with E-state index in [1.807, 2.05) is 37.3 Å². The Kier molecular flexibility index (Phi) is 8.02. The molecule has 158 valence electrons. The Balaban J connectivity index is 0.00000300. The Morgan fingerprint density at radius 2 is 1.97 bits per heavy atom. The lowest BCUT2D eigenvalue weighted by Crippen LogP contribution is -2.43. The van der Waals surface area contributed by atoms with E-state index in [4.69, 9.17) is 4.74 Å². The zero-order chi connectivity index (χ0) is 20.3. The monoisotopic (exact) mass is 436 g/mol. The standard InChI is InChI=1S/C22H28N2O3S.ClH/c1-5-24(14-22(3,26)27-4)13-12-23-17-11-10-15(2)21-19(17)20(25)16-8-6-7-9-18(16)28-21;/h6-11,23,26H,5,12-14H2,1-4H3;1H. The summed E-state index contributed by atoms with van der Waals surface area (Å²) >= 11 is 1.66. The SMILES string of the molecule is CCN(CCNc1ccc(C)c2sc3ccccc3c(=O)c12)CC(C)(O)OC.Cl. The molecule has 0 amide bonds. The maximum absolute atomic E-state index is 13.1. The Morgan fingerprint density at radius 1 is 1.24 bits per heavy atom. The molecule has 1 aromatic heterocycles. The molecule has 0 aliphatic rings. The normalized spacial score (nSPS) is 13.4. The summed E-state index contributed by atoms with van der Waals surface area (Å²) in [5, 5.41) is 15.1. The molecule has 3 rings (SSSR count). The minimum absolute atomic E-state index is 0. The van der Waals surface area contributed by atoms with E-state index in [1.54, 1.807) is 18.3 Å². The number of halogens is 1. The third kappa shape index (κ3) is 5.27. The maximum Gasteiger partial charge on any atom is 0.197 e. The van der Waals surface area contributed by atoms with Crippen LogP contribution in [0, 0.1) is 6.92 Å². The zero-order valence-corrected chi connectivity index (χ0v) is 19.0. The van der Waals surface area contributed by atoms with Crippen LogP contribution in [-0.2, 0) is 4.74 Å². The molecule has 0 fully saturated rings. The molecule has 7 heteroatoms. The van der Waals surface area contributed by atoms with Crippen molar-refractivity contribution in [3.8, 4) is 0 Å². The highest BCUT2D eigenvalue weighted by Crippen LogP contribution is 2.31. The molecule has 0 saturated heterocycles. The van der Waals surface area contributed by atoms with Crippen molar-refractivity contribution in [2.24, 2.45) is 0 Å². The van der Waals surface area contributed by atoms with Crippen LogP contribution < -0.4 is 10.7 Å². The molecule has 0 aliphatic heterocycles. The highest BCUT2D eigenvalue weighted by atomic mass is 35.5. The summed E-state index contributed by atoms with van der Waals surface area (Å²) in [6.45, 7) is 8.39. The highest BCUT2D eigenvalue weighted by molar-refractivity contribution is 7.24. The first-order chi connectivity index (χ1) is 13.4. The average molecular weight is 437 g/mol. The minimum atomic E-state index is -1.17. The van der Waals surface area contributed by atoms with Crippen molar-refractivity contribution in [2.45, 2.75) is 26.6 Å². The van der Waals surface area contributed by atoms with Crippen LogP contribution in [0.15, 0.2) is 41.2 Å². The Morgan fingerprint density at radius 3 is 2.66 bits per heavy atom. The minimum Gasteiger partial charge on any atom is -0.383 e. The van der Waals surface area contributed by atoms with Gasteiger partial charge in [-0.25, -0.2) is 0 Å². The summed E-state index contributed by atoms with van der Waals surface area (Å²) in [7, 11) is 1.51. The van der Waals surface area contributed by atoms with E-state index in [2.05, 4.69) is 23.2 Å². The van der Waals surface area contributed by atoms with E-state index in [0.29, 0.717) is 13.1 Å². The fourth-order valence-electron chi connectivity index (χ4n) is 3.36. The molecule has 3 aromatic rings. The summed E-state index contributed by atoms with van der Waals surface area (Å²) < 4.78 is 7.16. The lowest BCUT2D eigenvalue weighted by Gasteiger charge is -2.29. The first-order valence-corrected chi connectivity index (χ1v) is 10.4. The van der Waals surface area contributed by atoms with Crippen LogP contribution in [0.4, 0.5) is 5.69 Å². The number of nitrogens with zero attached hydrogens (tertiary/aromatic N) is 1. The van der Waals surface area contributed by atoms with Crippen molar-refractivity contribution in [2.75, 3.05) is 38.6 Å². The quantitative estimate of drug-likeness (QED) is 0.408. The summed E-state index contributed by atoms with van der Waals surface area (Å²) in [5.41, 5.74) is 2.05. The van der Waals surface area contributed by atoms with E-state index in [1.165, 1.54) is 7.11 Å². The molecule has 5 nitrogen and oxygen atoms in total. The number of rotatable bonds is 8. The number of aryl methyl sites for hydroxylation is 1. The molecular formula is C22H29ClN2O3S. The molecule has 29 heavy (non-hydrogen) atoms. The molecule has 0 bridgehead atoms. The fraction of sp³-hybridized carbons (Fsp3) is 0.409. The molecule has 0 saturated carbocycles. The van der Waals surface area contributed by atoms with Gasteiger partial charge in [-0.3, -0.25) is 9.69 Å². The number of ether oxygens (including phenoxy) is 1. The van der Waals surface area contributed by atoms with Gasteiger partial charge >= 0.3 is 0 Å². The molecule has 1 unspecified atom stereocenters. The molecule has 0 aliphatic carbocycles. The number of anilines is 1. The summed E-state index contributed by atoms with van der Waals surface area (Å²) in [4.78, 5) is 15.3. The van der Waals surface area contributed by atoms with Crippen molar-refractivity contribution in [1.82, 2.24) is 4.90 Å². The van der Waals surface area contributed by atoms with Gasteiger partial charge in [-0.15, -0.1) is 23.7 Å². The Hall–Kier alpha value is -1.70. The van der Waals surface area contributed by atoms with Gasteiger partial charge in [-0.2, -0.15) is 0 Å². The second-order valence-corrected chi connectivity index (χ2v) is 8.29. The molecule has 0 spiro atoms. The van der Waals surface area contributed by atoms with Crippen molar-refractivity contribution in [1.29, 1.82) is 0 Å². The van der Waals surface area contributed by atoms with Gasteiger partial charge in [0.25, 0.3) is 0 Å². The number of hydrogen-bond donors (Lipinski definition) is 2. The van der Waals surface area contributed by atoms with Crippen molar-refractivity contribution in [3.63, 3.8) is 0 Å². The Bertz CT molecular complexity index is 1040. The third-order valence-corrected chi connectivity index (χ3v) is 6.38. The lowest BCUT2D eigenvalue weighted by atomic mass is 10.1. The van der Waals surface area contributed by atoms with Crippen LogP contribution in [-0.4, -0.2) is 49.1 Å². The van der Waals surface area contributed by atoms with Crippen LogP contribution in [0.2, 0.25) is 0 Å². The smallest absolute Gasteiger partial charge is 0.197 e. The first-order valence-electron chi connectivity index (χ1n) is 9.55. The van der Waals surface area contributed by atoms with Gasteiger partial charge in [0, 0.05) is 40.7 Å². The second kappa shape index (κ2) is 9.87. The van der Waals surface area contributed by atoms with Gasteiger partial charge in [0.2, 0.25) is 0 Å². The molecule has 2 aromatic carbocycles. The number of benzene rings is 2. The van der Waals surface area contributed by atoms with Crippen molar-refractivity contribution < 1.29 is 9.84 Å². The highest BCUT2D eigenvalue weighted by Gasteiger charge is 2.22. The van der Waals surface area contributed by atoms with E-state index in [9.17, 15) is 9.90 Å². The summed E-state index contributed by atoms with van der Waals surface area (Å²) in [6.07, 6.45) is 0. The van der Waals surface area contributed by atoms with Crippen LogP contribution in [0.25, 0.3) is 20.2 Å². The van der Waals surface area contributed by atoms with E-state index in [-0.39, 0.29) is 17.8 Å². The van der Waals surface area contributed by atoms with Crippen LogP contribution in [0.1, 0.15) is 19.4 Å². The maximum atomic E-state index is 13.1. The number of aliphatic hydroxyl groups is 1. The van der Waals surface area contributed by atoms with Crippen LogP contribution >= 0.6 is 23.7 Å². The van der Waals surface area contributed by atoms with Gasteiger partial charge in [0.05, 0.1) is 11.9 Å². The van der Waals surface area contributed by atoms with Crippen LogP contribution in [0.3, 0.4) is 0 Å². The number of likely N-dealkylation sites (N-methyl/N-ethyl adjacent to an activating group) is 1. The molecule has 1 atom stereocenters. The van der Waals surface area contributed by atoms with E-state index >= 15 is 0 Å². The van der Waals surface area contributed by atoms with Crippen molar-refractivity contribution >= 4 is 49.6 Å². The lowest BCUT2D eigenvalue weighted by molar-refractivity contribution is -0.181. The van der Waals surface area contributed by atoms with Gasteiger partial charge in [0.15, 0.2) is 11.2 Å². The number of fused-ring (bicyclic) bond motifs is 2. The molecule has 1 heterocycles. The van der Waals surface area contributed by atoms with E-state index in [0.717, 1.165) is 44.5 Å². The average Bonchev–Trinajstić information content (AvgIpc) is 2.69. The predicted molar refractivity (Wildman–Crippen MR) is 126 cm³/mol.